The van der Waals surface area contributed by atoms with Gasteiger partial charge in [-0.25, -0.2) is 4.79 Å². The average Bonchev–Trinajstić information content (AvgIpc) is 2.90. The molecule has 6 nitrogen and oxygen atoms in total. The van der Waals surface area contributed by atoms with Crippen molar-refractivity contribution in [3.63, 3.8) is 0 Å². The van der Waals surface area contributed by atoms with Gasteiger partial charge >= 0.3 is 6.09 Å². The Bertz CT molecular complexity index is 526. The Balaban J connectivity index is 1.59. The molecule has 0 radical (unpaired) electrons. The molecular weight excluding hydrogens is 260 g/mol. The third-order valence-corrected chi connectivity index (χ3v) is 3.70. The van der Waals surface area contributed by atoms with Gasteiger partial charge in [-0.3, -0.25) is 0 Å². The quantitative estimate of drug-likeness (QED) is 0.904. The Hall–Kier alpha value is -1.95. The number of amides is 1. The van der Waals surface area contributed by atoms with E-state index >= 15 is 0 Å². The monoisotopic (exact) mass is 278 g/mol. The largest absolute Gasteiger partial charge is 0.454 e. The number of benzene rings is 1. The highest BCUT2D eigenvalue weighted by Gasteiger charge is 2.41. The normalized spacial score (nSPS) is 18.6. The lowest BCUT2D eigenvalue weighted by Gasteiger charge is -2.47. The fourth-order valence-corrected chi connectivity index (χ4v) is 2.60. The number of para-hydroxylation sites is 1. The summed E-state index contributed by atoms with van der Waals surface area (Å²) in [6, 6.07) is 5.87. The molecule has 1 fully saturated rings. The Labute approximate surface area is 117 Å². The molecule has 0 aromatic heterocycles. The maximum absolute atomic E-state index is 11.3. The van der Waals surface area contributed by atoms with E-state index < -0.39 is 0 Å². The van der Waals surface area contributed by atoms with Crippen LogP contribution in [-0.2, 0) is 11.3 Å². The molecule has 3 rings (SSSR count). The summed E-state index contributed by atoms with van der Waals surface area (Å²) in [6.45, 7) is 4.34. The Morgan fingerprint density at radius 1 is 1.45 bits per heavy atom. The van der Waals surface area contributed by atoms with E-state index in [2.05, 4.69) is 12.2 Å². The zero-order chi connectivity index (χ0) is 14.2. The van der Waals surface area contributed by atoms with E-state index in [1.54, 1.807) is 4.90 Å². The summed E-state index contributed by atoms with van der Waals surface area (Å²) in [4.78, 5) is 13.0. The van der Waals surface area contributed by atoms with Crippen LogP contribution in [0.25, 0.3) is 0 Å². The molecule has 0 aliphatic carbocycles. The van der Waals surface area contributed by atoms with Crippen molar-refractivity contribution in [2.45, 2.75) is 19.0 Å². The van der Waals surface area contributed by atoms with E-state index in [0.29, 0.717) is 19.6 Å². The molecule has 2 heterocycles. The number of fused-ring (bicyclic) bond motifs is 1. The van der Waals surface area contributed by atoms with Crippen molar-refractivity contribution in [1.82, 2.24) is 10.2 Å². The number of likely N-dealkylation sites (tertiary alicyclic amines) is 1. The van der Waals surface area contributed by atoms with Gasteiger partial charge in [-0.05, 0) is 13.0 Å². The van der Waals surface area contributed by atoms with Gasteiger partial charge in [0.25, 0.3) is 0 Å². The Morgan fingerprint density at radius 3 is 3.00 bits per heavy atom. The van der Waals surface area contributed by atoms with Crippen molar-refractivity contribution in [1.29, 1.82) is 0 Å². The molecule has 1 aromatic carbocycles. The first-order valence-corrected chi connectivity index (χ1v) is 6.57. The third kappa shape index (κ3) is 2.27. The average molecular weight is 278 g/mol. The van der Waals surface area contributed by atoms with Crippen molar-refractivity contribution in [2.75, 3.05) is 27.0 Å². The van der Waals surface area contributed by atoms with Gasteiger partial charge in [0.05, 0.1) is 12.6 Å². The molecule has 2 aliphatic heterocycles. The van der Waals surface area contributed by atoms with Crippen LogP contribution >= 0.6 is 0 Å². The maximum atomic E-state index is 11.3. The van der Waals surface area contributed by atoms with Crippen molar-refractivity contribution < 1.29 is 19.0 Å². The van der Waals surface area contributed by atoms with E-state index in [9.17, 15) is 4.79 Å². The van der Waals surface area contributed by atoms with Gasteiger partial charge < -0.3 is 24.4 Å². The molecule has 1 saturated heterocycles. The van der Waals surface area contributed by atoms with E-state index in [0.717, 1.165) is 17.1 Å². The van der Waals surface area contributed by atoms with Crippen LogP contribution in [0.3, 0.4) is 0 Å². The number of methoxy groups -OCH3 is 1. The molecule has 0 atom stereocenters. The summed E-state index contributed by atoms with van der Waals surface area (Å²) < 4.78 is 15.5. The van der Waals surface area contributed by atoms with Gasteiger partial charge in [0.2, 0.25) is 6.79 Å². The first-order valence-electron chi connectivity index (χ1n) is 6.57. The second-order valence-corrected chi connectivity index (χ2v) is 5.39. The molecule has 108 valence electrons. The Kier molecular flexibility index (Phi) is 3.17. The molecule has 0 spiro atoms. The minimum absolute atomic E-state index is 0.0869. The van der Waals surface area contributed by atoms with Gasteiger partial charge in [0, 0.05) is 25.2 Å². The van der Waals surface area contributed by atoms with Gasteiger partial charge in [0.15, 0.2) is 11.5 Å². The SMILES string of the molecule is COC(=O)N1CC(C)(NCc2cccc3c2OCO3)C1. The molecule has 20 heavy (non-hydrogen) atoms. The number of rotatable bonds is 3. The molecule has 6 heteroatoms. The smallest absolute Gasteiger partial charge is 0.409 e. The minimum Gasteiger partial charge on any atom is -0.454 e. The first-order chi connectivity index (χ1) is 9.61. The van der Waals surface area contributed by atoms with Crippen LogP contribution in [0.15, 0.2) is 18.2 Å². The van der Waals surface area contributed by atoms with E-state index in [1.165, 1.54) is 7.11 Å². The maximum Gasteiger partial charge on any atom is 0.409 e. The highest BCUT2D eigenvalue weighted by atomic mass is 16.7. The topological polar surface area (TPSA) is 60.0 Å². The molecule has 1 amide bonds. The summed E-state index contributed by atoms with van der Waals surface area (Å²) >= 11 is 0. The lowest BCUT2D eigenvalue weighted by atomic mass is 9.92. The number of nitrogens with zero attached hydrogens (tertiary/aromatic N) is 1. The van der Waals surface area contributed by atoms with Crippen LogP contribution in [0.1, 0.15) is 12.5 Å². The van der Waals surface area contributed by atoms with Crippen LogP contribution in [-0.4, -0.2) is 43.5 Å². The van der Waals surface area contributed by atoms with E-state index in [4.69, 9.17) is 14.2 Å². The van der Waals surface area contributed by atoms with E-state index in [1.807, 2.05) is 18.2 Å². The third-order valence-electron chi connectivity index (χ3n) is 3.70. The second kappa shape index (κ2) is 4.86. The predicted molar refractivity (Wildman–Crippen MR) is 71.8 cm³/mol. The number of nitrogens with one attached hydrogen (secondary N) is 1. The molecule has 0 unspecified atom stereocenters. The second-order valence-electron chi connectivity index (χ2n) is 5.39. The summed E-state index contributed by atoms with van der Waals surface area (Å²) in [7, 11) is 1.40. The summed E-state index contributed by atoms with van der Waals surface area (Å²) in [5, 5.41) is 3.47. The van der Waals surface area contributed by atoms with Crippen LogP contribution in [0.4, 0.5) is 4.79 Å². The Morgan fingerprint density at radius 2 is 2.25 bits per heavy atom. The first kappa shape index (κ1) is 13.1. The fourth-order valence-electron chi connectivity index (χ4n) is 2.60. The van der Waals surface area contributed by atoms with Gasteiger partial charge in [-0.1, -0.05) is 12.1 Å². The molecule has 1 N–H and O–H groups in total. The number of hydrogen-bond acceptors (Lipinski definition) is 5. The molecule has 2 aliphatic rings. The van der Waals surface area contributed by atoms with Gasteiger partial charge in [-0.2, -0.15) is 0 Å². The molecule has 1 aromatic rings. The minimum atomic E-state index is -0.276. The highest BCUT2D eigenvalue weighted by molar-refractivity contribution is 5.69. The number of ether oxygens (including phenoxy) is 3. The van der Waals surface area contributed by atoms with Gasteiger partial charge in [0.1, 0.15) is 0 Å². The van der Waals surface area contributed by atoms with Crippen LogP contribution in [0, 0.1) is 0 Å². The summed E-state index contributed by atoms with van der Waals surface area (Å²) in [5.41, 5.74) is 0.980. The van der Waals surface area contributed by atoms with Crippen LogP contribution in [0.2, 0.25) is 0 Å². The van der Waals surface area contributed by atoms with Crippen LogP contribution < -0.4 is 14.8 Å². The van der Waals surface area contributed by atoms with Gasteiger partial charge in [-0.15, -0.1) is 0 Å². The van der Waals surface area contributed by atoms with Crippen molar-refractivity contribution in [3.8, 4) is 11.5 Å². The van der Waals surface area contributed by atoms with E-state index in [-0.39, 0.29) is 18.4 Å². The highest BCUT2D eigenvalue weighted by Crippen LogP contribution is 2.35. The fraction of sp³-hybridized carbons (Fsp3) is 0.500. The predicted octanol–water partition coefficient (Wildman–Crippen LogP) is 1.35. The van der Waals surface area contributed by atoms with Crippen molar-refractivity contribution >= 4 is 6.09 Å². The summed E-state index contributed by atoms with van der Waals surface area (Å²) in [6.07, 6.45) is -0.276. The molecular formula is C14H18N2O4. The number of carbonyl (C=O) groups is 1. The van der Waals surface area contributed by atoms with Crippen molar-refractivity contribution in [2.24, 2.45) is 0 Å². The summed E-state index contributed by atoms with van der Waals surface area (Å²) in [5.74, 6) is 1.60. The molecule has 0 bridgehead atoms. The zero-order valence-electron chi connectivity index (χ0n) is 11.6. The number of carbonyl (C=O) groups excluding carboxylic acids is 1. The van der Waals surface area contributed by atoms with Crippen molar-refractivity contribution in [3.05, 3.63) is 23.8 Å². The standard InChI is InChI=1S/C14H18N2O4/c1-14(7-16(8-14)13(17)18-2)15-6-10-4-3-5-11-12(10)20-9-19-11/h3-5,15H,6-9H2,1-2H3. The lowest BCUT2D eigenvalue weighted by Crippen LogP contribution is -2.68. The number of hydrogen-bond donors (Lipinski definition) is 1. The molecule has 0 saturated carbocycles. The zero-order valence-corrected chi connectivity index (χ0v) is 11.6. The van der Waals surface area contributed by atoms with Crippen LogP contribution in [0.5, 0.6) is 11.5 Å². The lowest BCUT2D eigenvalue weighted by molar-refractivity contribution is 0.0412.